The molecule has 4 atom stereocenters. The van der Waals surface area contributed by atoms with Crippen LogP contribution in [-0.4, -0.2) is 66.8 Å². The van der Waals surface area contributed by atoms with Gasteiger partial charge in [0.15, 0.2) is 8.32 Å². The minimum atomic E-state index is -2.63. The Labute approximate surface area is 246 Å². The molecule has 2 saturated heterocycles. The molecule has 0 unspecified atom stereocenters. The summed E-state index contributed by atoms with van der Waals surface area (Å²) in [6.07, 6.45) is 6.28. The topological polar surface area (TPSA) is 90.3 Å². The average Bonchev–Trinajstić information content (AvgIpc) is 3.25. The predicted molar refractivity (Wildman–Crippen MR) is 165 cm³/mol. The highest BCUT2D eigenvalue weighted by atomic mass is 28.4. The van der Waals surface area contributed by atoms with Crippen molar-refractivity contribution >= 4 is 25.8 Å². The number of rotatable bonds is 11. The molecule has 41 heavy (non-hydrogen) atoms. The van der Waals surface area contributed by atoms with E-state index in [1.165, 1.54) is 12.0 Å². The van der Waals surface area contributed by atoms with Gasteiger partial charge in [-0.25, -0.2) is 0 Å². The predicted octanol–water partition coefficient (Wildman–Crippen LogP) is 5.30. The van der Waals surface area contributed by atoms with Crippen LogP contribution < -0.4 is 4.90 Å². The fraction of sp³-hybridized carbons (Fsp3) is 0.576. The van der Waals surface area contributed by atoms with Crippen LogP contribution in [0.3, 0.4) is 0 Å². The summed E-state index contributed by atoms with van der Waals surface area (Å²) in [4.78, 5) is 41.1. The van der Waals surface area contributed by atoms with E-state index in [9.17, 15) is 19.5 Å². The number of aliphatic hydroxyl groups is 1. The Morgan fingerprint density at radius 2 is 1.76 bits per heavy atom. The molecule has 0 spiro atoms. The molecular formula is C33H48N2O5Si. The Morgan fingerprint density at radius 1 is 1.02 bits per heavy atom. The monoisotopic (exact) mass is 580 g/mol. The quantitative estimate of drug-likeness (QED) is 0.352. The second kappa shape index (κ2) is 14.6. The third-order valence-corrected chi connectivity index (χ3v) is 11.3. The van der Waals surface area contributed by atoms with Gasteiger partial charge in [-0.2, -0.15) is 0 Å². The molecular weight excluding hydrogens is 532 g/mol. The van der Waals surface area contributed by atoms with Crippen LogP contribution in [0.1, 0.15) is 63.0 Å². The Hall–Kier alpha value is -2.52. The Bertz CT molecular complexity index is 1140. The van der Waals surface area contributed by atoms with Crippen LogP contribution in [0.2, 0.25) is 18.6 Å². The molecule has 0 aromatic heterocycles. The van der Waals surface area contributed by atoms with Crippen molar-refractivity contribution in [2.75, 3.05) is 24.6 Å². The van der Waals surface area contributed by atoms with E-state index in [-0.39, 0.29) is 55.1 Å². The number of aliphatic hydroxyl groups excluding tert-OH is 1. The van der Waals surface area contributed by atoms with E-state index in [4.69, 9.17) is 4.74 Å². The first kappa shape index (κ1) is 31.4. The maximum absolute atomic E-state index is 13.5. The van der Waals surface area contributed by atoms with Gasteiger partial charge in [0, 0.05) is 37.3 Å². The van der Waals surface area contributed by atoms with Crippen molar-refractivity contribution in [1.29, 1.82) is 0 Å². The van der Waals surface area contributed by atoms with E-state index in [0.29, 0.717) is 13.0 Å². The van der Waals surface area contributed by atoms with Gasteiger partial charge in [-0.15, -0.1) is 0 Å². The molecule has 2 aliphatic heterocycles. The van der Waals surface area contributed by atoms with Gasteiger partial charge in [0.1, 0.15) is 0 Å². The molecule has 7 nitrogen and oxygen atoms in total. The number of anilines is 1. The zero-order valence-electron chi connectivity index (χ0n) is 25.0. The Morgan fingerprint density at radius 3 is 2.49 bits per heavy atom. The number of carbonyl (C=O) groups is 2. The lowest BCUT2D eigenvalue weighted by atomic mass is 9.95. The van der Waals surface area contributed by atoms with Crippen molar-refractivity contribution in [3.05, 3.63) is 65.7 Å². The first-order valence-electron chi connectivity index (χ1n) is 15.4. The number of hydrogen-bond acceptors (Lipinski definition) is 5. The second-order valence-electron chi connectivity index (χ2n) is 12.4. The lowest BCUT2D eigenvalue weighted by molar-refractivity contribution is -0.135. The van der Waals surface area contributed by atoms with E-state index < -0.39 is 8.32 Å². The van der Waals surface area contributed by atoms with Gasteiger partial charge < -0.3 is 24.4 Å². The number of benzene rings is 2. The number of hydrogen-bond donors (Lipinski definition) is 2. The molecule has 224 valence electrons. The van der Waals surface area contributed by atoms with Crippen LogP contribution in [0.4, 0.5) is 5.69 Å². The van der Waals surface area contributed by atoms with Crippen molar-refractivity contribution in [3.8, 4) is 0 Å². The van der Waals surface area contributed by atoms with Gasteiger partial charge in [-0.05, 0) is 68.0 Å². The zero-order valence-corrected chi connectivity index (χ0v) is 26.0. The third-order valence-electron chi connectivity index (χ3n) is 8.80. The average molecular weight is 581 g/mol. The van der Waals surface area contributed by atoms with Gasteiger partial charge >= 0.3 is 0 Å². The molecule has 0 radical (unpaired) electrons. The number of nitrogens with zero attached hydrogens (tertiary/aromatic N) is 2. The summed E-state index contributed by atoms with van der Waals surface area (Å²) in [5.74, 6) is 0.274. The first-order chi connectivity index (χ1) is 19.7. The molecule has 2 aromatic carbocycles. The summed E-state index contributed by atoms with van der Waals surface area (Å²) < 4.78 is 6.58. The third kappa shape index (κ3) is 8.50. The van der Waals surface area contributed by atoms with Crippen molar-refractivity contribution in [3.63, 3.8) is 0 Å². The molecule has 0 saturated carbocycles. The van der Waals surface area contributed by atoms with Crippen LogP contribution in [0, 0.1) is 5.92 Å². The fourth-order valence-electron chi connectivity index (χ4n) is 6.75. The second-order valence-corrected chi connectivity index (χ2v) is 16.4. The fourth-order valence-corrected chi connectivity index (χ4v) is 9.35. The number of ether oxygens (including phenoxy) is 1. The van der Waals surface area contributed by atoms with Crippen LogP contribution in [0.25, 0.3) is 0 Å². The van der Waals surface area contributed by atoms with Crippen molar-refractivity contribution in [2.24, 2.45) is 5.92 Å². The van der Waals surface area contributed by atoms with Gasteiger partial charge in [0.05, 0.1) is 25.2 Å². The smallest absolute Gasteiger partial charge is 0.226 e. The van der Waals surface area contributed by atoms with Crippen LogP contribution in [0.15, 0.2) is 54.6 Å². The molecule has 0 aliphatic carbocycles. The minimum absolute atomic E-state index is 0.0605. The lowest BCUT2D eigenvalue weighted by Crippen LogP contribution is -2.42. The maximum Gasteiger partial charge on any atom is 0.226 e. The molecule has 2 heterocycles. The molecule has 4 rings (SSSR count). The number of aryl methyl sites for hydroxylation is 1. The van der Waals surface area contributed by atoms with E-state index in [1.807, 2.05) is 60.5 Å². The van der Waals surface area contributed by atoms with Crippen LogP contribution in [0.5, 0.6) is 0 Å². The standard InChI is InChI=1S/C33H48N2O5Si/c1-25-29(18-17-26-14-11-15-28(22-26)35-19-10-5-4-9-16-31(35)37)40-30(33(25)41(2,3)39)23-32(38)34(20-21-36)24-27-12-7-6-8-13-27/h6-8,11-15,22,25,29-30,33,36,39H,4-5,9-10,16-21,23-24H2,1-3H3/t25-,29+,30-,33+/m1/s1. The molecule has 8 heteroatoms. The van der Waals surface area contributed by atoms with E-state index in [2.05, 4.69) is 19.1 Å². The Balaban J connectivity index is 1.42. The zero-order chi connectivity index (χ0) is 29.4. The highest BCUT2D eigenvalue weighted by Gasteiger charge is 2.50. The van der Waals surface area contributed by atoms with Gasteiger partial charge in [-0.1, -0.05) is 62.2 Å². The van der Waals surface area contributed by atoms with E-state index in [0.717, 1.165) is 49.9 Å². The summed E-state index contributed by atoms with van der Waals surface area (Å²) in [6.45, 7) is 7.40. The van der Waals surface area contributed by atoms with E-state index >= 15 is 0 Å². The van der Waals surface area contributed by atoms with Crippen molar-refractivity contribution in [2.45, 2.75) is 95.7 Å². The van der Waals surface area contributed by atoms with Gasteiger partial charge in [0.2, 0.25) is 11.8 Å². The normalized spacial score (nSPS) is 23.7. The van der Waals surface area contributed by atoms with Crippen LogP contribution >= 0.6 is 0 Å². The largest absolute Gasteiger partial charge is 0.432 e. The molecule has 2 N–H and O–H groups in total. The molecule has 2 fully saturated rings. The molecule has 2 amide bonds. The SMILES string of the molecule is C[C@H]1[C@H]([Si](C)(C)O)[C@@H](CC(=O)N(CCO)Cc2ccccc2)O[C@H]1CCc1cccc(N2CCCCCCC2=O)c1. The van der Waals surface area contributed by atoms with E-state index in [1.54, 1.807) is 4.90 Å². The summed E-state index contributed by atoms with van der Waals surface area (Å²) in [5, 5.41) is 9.63. The lowest BCUT2D eigenvalue weighted by Gasteiger charge is -2.31. The first-order valence-corrected chi connectivity index (χ1v) is 18.4. The van der Waals surface area contributed by atoms with Gasteiger partial charge in [0.25, 0.3) is 0 Å². The highest BCUT2D eigenvalue weighted by Crippen LogP contribution is 2.45. The number of amides is 2. The molecule has 0 bridgehead atoms. The number of carbonyl (C=O) groups excluding carboxylic acids is 2. The maximum atomic E-state index is 13.5. The van der Waals surface area contributed by atoms with Crippen molar-refractivity contribution < 1.29 is 24.2 Å². The van der Waals surface area contributed by atoms with Gasteiger partial charge in [-0.3, -0.25) is 9.59 Å². The summed E-state index contributed by atoms with van der Waals surface area (Å²) in [6, 6.07) is 18.1. The minimum Gasteiger partial charge on any atom is -0.432 e. The highest BCUT2D eigenvalue weighted by molar-refractivity contribution is 6.71. The molecule has 2 aliphatic rings. The van der Waals surface area contributed by atoms with Crippen molar-refractivity contribution in [1.82, 2.24) is 4.90 Å². The summed E-state index contributed by atoms with van der Waals surface area (Å²) in [7, 11) is -2.63. The summed E-state index contributed by atoms with van der Waals surface area (Å²) in [5.41, 5.74) is 3.10. The summed E-state index contributed by atoms with van der Waals surface area (Å²) >= 11 is 0. The Kier molecular flexibility index (Phi) is 11.2. The van der Waals surface area contributed by atoms with Crippen LogP contribution in [-0.2, 0) is 27.3 Å². The molecule has 2 aromatic rings.